The van der Waals surface area contributed by atoms with Crippen LogP contribution in [0.15, 0.2) is 53.6 Å². The maximum atomic E-state index is 12.7. The van der Waals surface area contributed by atoms with Crippen molar-refractivity contribution >= 4 is 17.6 Å². The molecule has 6 heteroatoms. The molecule has 2 aromatic carbocycles. The molecule has 0 radical (unpaired) electrons. The minimum absolute atomic E-state index is 0.0424. The van der Waals surface area contributed by atoms with Crippen LogP contribution in [0.2, 0.25) is 0 Å². The van der Waals surface area contributed by atoms with E-state index in [0.717, 1.165) is 12.0 Å². The number of halogens is 1. The first-order chi connectivity index (χ1) is 10.1. The summed E-state index contributed by atoms with van der Waals surface area (Å²) in [4.78, 5) is 10.1. The molecule has 0 amide bonds. The molecule has 21 heavy (non-hydrogen) atoms. The Hall–Kier alpha value is -2.76. The highest BCUT2D eigenvalue weighted by Crippen LogP contribution is 2.15. The monoisotopic (exact) mass is 287 g/mol. The highest BCUT2D eigenvalue weighted by atomic mass is 19.1. The molecule has 108 valence electrons. The average Bonchev–Trinajstić information content (AvgIpc) is 2.49. The van der Waals surface area contributed by atoms with Gasteiger partial charge in [-0.1, -0.05) is 12.1 Å². The van der Waals surface area contributed by atoms with Crippen molar-refractivity contribution < 1.29 is 9.31 Å². The van der Waals surface area contributed by atoms with Crippen molar-refractivity contribution in [2.75, 3.05) is 5.43 Å². The van der Waals surface area contributed by atoms with Gasteiger partial charge in [0.1, 0.15) is 5.82 Å². The van der Waals surface area contributed by atoms with E-state index in [4.69, 9.17) is 0 Å². The van der Waals surface area contributed by atoms with Gasteiger partial charge in [0.2, 0.25) is 0 Å². The molecular weight excluding hydrogens is 273 g/mol. The van der Waals surface area contributed by atoms with Gasteiger partial charge in [0.25, 0.3) is 5.69 Å². The third kappa shape index (κ3) is 4.68. The highest BCUT2D eigenvalue weighted by Gasteiger charge is 2.02. The van der Waals surface area contributed by atoms with Crippen molar-refractivity contribution in [3.05, 3.63) is 70.0 Å². The maximum Gasteiger partial charge on any atom is 0.269 e. The quantitative estimate of drug-likeness (QED) is 0.499. The molecule has 1 N–H and O–H groups in total. The zero-order valence-corrected chi connectivity index (χ0v) is 11.2. The van der Waals surface area contributed by atoms with Crippen molar-refractivity contribution in [1.29, 1.82) is 0 Å². The van der Waals surface area contributed by atoms with E-state index in [1.54, 1.807) is 30.5 Å². The number of nitro benzene ring substituents is 1. The van der Waals surface area contributed by atoms with Gasteiger partial charge in [-0.05, 0) is 42.7 Å². The van der Waals surface area contributed by atoms with E-state index in [1.807, 2.05) is 0 Å². The Kier molecular flexibility index (Phi) is 4.98. The van der Waals surface area contributed by atoms with E-state index < -0.39 is 4.92 Å². The van der Waals surface area contributed by atoms with Gasteiger partial charge in [0.05, 0.1) is 10.6 Å². The van der Waals surface area contributed by atoms with Gasteiger partial charge in [0, 0.05) is 18.3 Å². The molecule has 0 fully saturated rings. The molecule has 0 spiro atoms. The Labute approximate surface area is 121 Å². The van der Waals surface area contributed by atoms with E-state index >= 15 is 0 Å². The van der Waals surface area contributed by atoms with Gasteiger partial charge in [-0.2, -0.15) is 5.10 Å². The zero-order valence-electron chi connectivity index (χ0n) is 11.2. The predicted molar refractivity (Wildman–Crippen MR) is 79.9 cm³/mol. The topological polar surface area (TPSA) is 67.5 Å². The van der Waals surface area contributed by atoms with Gasteiger partial charge in [-0.3, -0.25) is 15.5 Å². The van der Waals surface area contributed by atoms with Gasteiger partial charge in [0.15, 0.2) is 0 Å². The van der Waals surface area contributed by atoms with Crippen LogP contribution in [0, 0.1) is 15.9 Å². The van der Waals surface area contributed by atoms with E-state index in [0.29, 0.717) is 12.1 Å². The molecule has 0 aliphatic rings. The lowest BCUT2D eigenvalue weighted by atomic mass is 10.1. The summed E-state index contributed by atoms with van der Waals surface area (Å²) in [7, 11) is 0. The number of rotatable bonds is 6. The lowest BCUT2D eigenvalue weighted by Gasteiger charge is -2.00. The summed E-state index contributed by atoms with van der Waals surface area (Å²) in [5, 5.41) is 14.5. The summed E-state index contributed by atoms with van der Waals surface area (Å²) < 4.78 is 12.7. The second-order valence-corrected chi connectivity index (χ2v) is 4.39. The van der Waals surface area contributed by atoms with Crippen molar-refractivity contribution in [3.63, 3.8) is 0 Å². The highest BCUT2D eigenvalue weighted by molar-refractivity contribution is 5.60. The predicted octanol–water partition coefficient (Wildman–Crippen LogP) is 3.76. The molecule has 2 aromatic rings. The third-order valence-electron chi connectivity index (χ3n) is 2.84. The van der Waals surface area contributed by atoms with E-state index in [1.165, 1.54) is 24.3 Å². The van der Waals surface area contributed by atoms with Crippen molar-refractivity contribution in [2.45, 2.75) is 12.8 Å². The van der Waals surface area contributed by atoms with Crippen LogP contribution in [0.5, 0.6) is 0 Å². The first kappa shape index (κ1) is 14.6. The first-order valence-electron chi connectivity index (χ1n) is 6.41. The van der Waals surface area contributed by atoms with Crippen LogP contribution in [0.25, 0.3) is 0 Å². The molecule has 0 bridgehead atoms. The molecule has 0 saturated carbocycles. The number of non-ortho nitro benzene ring substituents is 1. The van der Waals surface area contributed by atoms with Crippen LogP contribution in [-0.4, -0.2) is 11.1 Å². The first-order valence-corrected chi connectivity index (χ1v) is 6.41. The molecule has 2 rings (SSSR count). The van der Waals surface area contributed by atoms with Gasteiger partial charge in [-0.25, -0.2) is 4.39 Å². The van der Waals surface area contributed by atoms with E-state index in [9.17, 15) is 14.5 Å². The fourth-order valence-corrected chi connectivity index (χ4v) is 1.72. The molecule has 0 atom stereocenters. The Morgan fingerprint density at radius 1 is 1.14 bits per heavy atom. The van der Waals surface area contributed by atoms with E-state index in [2.05, 4.69) is 10.5 Å². The minimum Gasteiger partial charge on any atom is -0.279 e. The lowest BCUT2D eigenvalue weighted by molar-refractivity contribution is -0.384. The average molecular weight is 287 g/mol. The number of hydrogen-bond acceptors (Lipinski definition) is 4. The summed E-state index contributed by atoms with van der Waals surface area (Å²) in [6, 6.07) is 12.4. The number of hydrogen-bond donors (Lipinski definition) is 1. The Morgan fingerprint density at radius 3 is 2.43 bits per heavy atom. The number of benzene rings is 2. The smallest absolute Gasteiger partial charge is 0.269 e. The molecule has 0 aromatic heterocycles. The number of nitro groups is 1. The lowest BCUT2D eigenvalue weighted by Crippen LogP contribution is -1.92. The van der Waals surface area contributed by atoms with Crippen molar-refractivity contribution in [3.8, 4) is 0 Å². The summed E-state index contributed by atoms with van der Waals surface area (Å²) in [6.07, 6.45) is 3.20. The van der Waals surface area contributed by atoms with Crippen LogP contribution in [0.1, 0.15) is 12.0 Å². The molecule has 0 aliphatic heterocycles. The van der Waals surface area contributed by atoms with Crippen LogP contribution in [-0.2, 0) is 6.42 Å². The third-order valence-corrected chi connectivity index (χ3v) is 2.84. The molecule has 0 saturated heterocycles. The Balaban J connectivity index is 1.77. The summed E-state index contributed by atoms with van der Waals surface area (Å²) in [6.45, 7) is 0. The van der Waals surface area contributed by atoms with Crippen LogP contribution in [0.4, 0.5) is 15.8 Å². The number of hydrazone groups is 1. The second kappa shape index (κ2) is 7.14. The van der Waals surface area contributed by atoms with Crippen LogP contribution in [0.3, 0.4) is 0 Å². The number of nitrogens with one attached hydrogen (secondary N) is 1. The fraction of sp³-hybridized carbons (Fsp3) is 0.133. The molecule has 0 unspecified atom stereocenters. The maximum absolute atomic E-state index is 12.7. The minimum atomic E-state index is -0.449. The SMILES string of the molecule is O=[N+]([O-])c1ccc(NN=CCCc2ccc(F)cc2)cc1. The summed E-state index contributed by atoms with van der Waals surface area (Å²) in [5.74, 6) is -0.243. The largest absolute Gasteiger partial charge is 0.279 e. The second-order valence-electron chi connectivity index (χ2n) is 4.39. The zero-order chi connectivity index (χ0) is 15.1. The number of nitrogens with zero attached hydrogens (tertiary/aromatic N) is 2. The van der Waals surface area contributed by atoms with Crippen molar-refractivity contribution in [1.82, 2.24) is 0 Å². The van der Waals surface area contributed by atoms with Gasteiger partial charge < -0.3 is 0 Å². The van der Waals surface area contributed by atoms with Crippen LogP contribution >= 0.6 is 0 Å². The molecule has 5 nitrogen and oxygen atoms in total. The fourth-order valence-electron chi connectivity index (χ4n) is 1.72. The standard InChI is InChI=1S/C15H14FN3O2/c16-13-5-3-12(4-6-13)2-1-11-17-18-14-7-9-15(10-8-14)19(20)21/h3-11,18H,1-2H2. The van der Waals surface area contributed by atoms with E-state index in [-0.39, 0.29) is 11.5 Å². The van der Waals surface area contributed by atoms with Gasteiger partial charge in [-0.15, -0.1) is 0 Å². The number of anilines is 1. The number of aryl methyl sites for hydroxylation is 1. The molecular formula is C15H14FN3O2. The Morgan fingerprint density at radius 2 is 1.81 bits per heavy atom. The molecule has 0 heterocycles. The molecule has 0 aliphatic carbocycles. The van der Waals surface area contributed by atoms with Gasteiger partial charge >= 0.3 is 0 Å². The Bertz CT molecular complexity index is 624. The van der Waals surface area contributed by atoms with Crippen LogP contribution < -0.4 is 5.43 Å². The summed E-state index contributed by atoms with van der Waals surface area (Å²) in [5.41, 5.74) is 4.55. The van der Waals surface area contributed by atoms with Crippen molar-refractivity contribution in [2.24, 2.45) is 5.10 Å². The normalized spacial score (nSPS) is 10.7. The summed E-state index contributed by atoms with van der Waals surface area (Å²) >= 11 is 0.